The molecule has 0 atom stereocenters. The highest BCUT2D eigenvalue weighted by molar-refractivity contribution is 7.08. The van der Waals surface area contributed by atoms with E-state index in [-0.39, 0.29) is 5.91 Å². The lowest BCUT2D eigenvalue weighted by Gasteiger charge is -2.06. The number of nitrogens with one attached hydrogen (secondary N) is 2. The minimum Gasteiger partial charge on any atom is -0.321 e. The predicted octanol–water partition coefficient (Wildman–Crippen LogP) is 1.68. The number of thiophene rings is 1. The number of hydrogen-bond donors (Lipinski definition) is 3. The van der Waals surface area contributed by atoms with Crippen LogP contribution in [0.25, 0.3) is 0 Å². The highest BCUT2D eigenvalue weighted by atomic mass is 32.1. The molecule has 2 aromatic rings. The summed E-state index contributed by atoms with van der Waals surface area (Å²) in [7, 11) is 0. The summed E-state index contributed by atoms with van der Waals surface area (Å²) < 4.78 is 0. The Labute approximate surface area is 96.3 Å². The number of aromatic nitrogens is 1. The third-order valence-corrected chi connectivity index (χ3v) is 2.65. The number of nitrogen functional groups attached to an aromatic ring is 1. The van der Waals surface area contributed by atoms with Gasteiger partial charge >= 0.3 is 0 Å². The van der Waals surface area contributed by atoms with Crippen molar-refractivity contribution in [1.82, 2.24) is 4.98 Å². The van der Waals surface area contributed by atoms with Crippen LogP contribution in [0.3, 0.4) is 0 Å². The lowest BCUT2D eigenvalue weighted by atomic mass is 10.2. The van der Waals surface area contributed by atoms with Crippen molar-refractivity contribution < 1.29 is 4.79 Å². The van der Waals surface area contributed by atoms with E-state index in [1.54, 1.807) is 18.3 Å². The van der Waals surface area contributed by atoms with E-state index in [0.29, 0.717) is 11.4 Å². The van der Waals surface area contributed by atoms with E-state index >= 15 is 0 Å². The third-order valence-electron chi connectivity index (χ3n) is 1.97. The molecule has 2 rings (SSSR count). The van der Waals surface area contributed by atoms with Gasteiger partial charge in [0.15, 0.2) is 5.82 Å². The largest absolute Gasteiger partial charge is 0.321 e. The third kappa shape index (κ3) is 2.18. The second-order valence-corrected chi connectivity index (χ2v) is 3.79. The Hall–Kier alpha value is -1.92. The van der Waals surface area contributed by atoms with Crippen molar-refractivity contribution in [3.63, 3.8) is 0 Å². The van der Waals surface area contributed by atoms with Crippen LogP contribution in [0.2, 0.25) is 0 Å². The molecule has 0 aromatic carbocycles. The number of nitrogens with zero attached hydrogens (tertiary/aromatic N) is 1. The molecule has 0 aliphatic heterocycles. The molecule has 2 heterocycles. The number of carbonyl (C=O) groups excluding carboxylic acids is 1. The number of amides is 1. The van der Waals surface area contributed by atoms with Crippen LogP contribution in [0.5, 0.6) is 0 Å². The van der Waals surface area contributed by atoms with Gasteiger partial charge in [-0.15, -0.1) is 0 Å². The summed E-state index contributed by atoms with van der Waals surface area (Å²) >= 11 is 1.52. The first-order valence-electron chi connectivity index (χ1n) is 4.56. The predicted molar refractivity (Wildman–Crippen MR) is 64.3 cm³/mol. The standard InChI is InChI=1S/C10H10N4OS/c11-14-9-8(2-1-4-12-9)10(15)13-7-3-5-16-6-7/h1-6H,11H2,(H,12,14)(H,13,15). The lowest BCUT2D eigenvalue weighted by molar-refractivity contribution is 0.102. The summed E-state index contributed by atoms with van der Waals surface area (Å²) in [6, 6.07) is 5.17. The Morgan fingerprint density at radius 3 is 3.00 bits per heavy atom. The second-order valence-electron chi connectivity index (χ2n) is 3.01. The van der Waals surface area contributed by atoms with Crippen LogP contribution in [0.15, 0.2) is 35.2 Å². The highest BCUT2D eigenvalue weighted by Crippen LogP contribution is 2.16. The summed E-state index contributed by atoms with van der Waals surface area (Å²) in [4.78, 5) is 15.8. The van der Waals surface area contributed by atoms with Gasteiger partial charge in [-0.2, -0.15) is 11.3 Å². The van der Waals surface area contributed by atoms with Crippen molar-refractivity contribution in [2.75, 3.05) is 10.7 Å². The number of hydrazine groups is 1. The Kier molecular flexibility index (Phi) is 3.13. The van der Waals surface area contributed by atoms with Crippen molar-refractivity contribution in [3.8, 4) is 0 Å². The molecular weight excluding hydrogens is 224 g/mol. The number of hydrogen-bond acceptors (Lipinski definition) is 5. The van der Waals surface area contributed by atoms with Gasteiger partial charge in [0.2, 0.25) is 0 Å². The Morgan fingerprint density at radius 2 is 2.31 bits per heavy atom. The Morgan fingerprint density at radius 1 is 1.44 bits per heavy atom. The molecule has 6 heteroatoms. The Bertz CT molecular complexity index is 483. The molecule has 1 amide bonds. The van der Waals surface area contributed by atoms with E-state index in [1.807, 2.05) is 16.8 Å². The van der Waals surface area contributed by atoms with Crippen molar-refractivity contribution in [3.05, 3.63) is 40.7 Å². The van der Waals surface area contributed by atoms with E-state index < -0.39 is 0 Å². The SMILES string of the molecule is NNc1ncccc1C(=O)Nc1ccsc1. The van der Waals surface area contributed by atoms with Gasteiger partial charge in [-0.05, 0) is 23.6 Å². The molecule has 0 radical (unpaired) electrons. The quantitative estimate of drug-likeness (QED) is 0.557. The number of pyridine rings is 1. The van der Waals surface area contributed by atoms with Crippen LogP contribution in [0, 0.1) is 0 Å². The number of carbonyl (C=O) groups is 1. The molecule has 0 saturated heterocycles. The van der Waals surface area contributed by atoms with Gasteiger partial charge < -0.3 is 10.7 Å². The van der Waals surface area contributed by atoms with Crippen LogP contribution in [0.4, 0.5) is 11.5 Å². The van der Waals surface area contributed by atoms with Gasteiger partial charge in [0, 0.05) is 11.6 Å². The smallest absolute Gasteiger partial charge is 0.259 e. The Balaban J connectivity index is 2.21. The minimum atomic E-state index is -0.237. The monoisotopic (exact) mass is 234 g/mol. The summed E-state index contributed by atoms with van der Waals surface area (Å²) in [6.45, 7) is 0. The molecule has 0 aliphatic rings. The maximum Gasteiger partial charge on any atom is 0.259 e. The van der Waals surface area contributed by atoms with Crippen molar-refractivity contribution in [2.45, 2.75) is 0 Å². The van der Waals surface area contributed by atoms with Gasteiger partial charge in [0.05, 0.1) is 11.3 Å². The first-order chi connectivity index (χ1) is 7.81. The molecule has 16 heavy (non-hydrogen) atoms. The van der Waals surface area contributed by atoms with Crippen molar-refractivity contribution in [1.29, 1.82) is 0 Å². The van der Waals surface area contributed by atoms with Crippen LogP contribution in [-0.4, -0.2) is 10.9 Å². The lowest BCUT2D eigenvalue weighted by Crippen LogP contribution is -2.17. The molecule has 0 unspecified atom stereocenters. The first-order valence-corrected chi connectivity index (χ1v) is 5.50. The summed E-state index contributed by atoms with van der Waals surface area (Å²) in [5, 5.41) is 6.49. The van der Waals surface area contributed by atoms with Gasteiger partial charge in [-0.3, -0.25) is 4.79 Å². The normalized spacial score (nSPS) is 9.81. The van der Waals surface area contributed by atoms with Crippen LogP contribution < -0.4 is 16.6 Å². The molecular formula is C10H10N4OS. The fourth-order valence-corrected chi connectivity index (χ4v) is 1.83. The fraction of sp³-hybridized carbons (Fsp3) is 0. The molecule has 82 valence electrons. The molecule has 0 spiro atoms. The van der Waals surface area contributed by atoms with E-state index in [9.17, 15) is 4.79 Å². The molecule has 0 saturated carbocycles. The zero-order valence-electron chi connectivity index (χ0n) is 8.31. The molecule has 2 aromatic heterocycles. The van der Waals surface area contributed by atoms with Crippen molar-refractivity contribution in [2.24, 2.45) is 5.84 Å². The van der Waals surface area contributed by atoms with E-state index in [4.69, 9.17) is 5.84 Å². The maximum atomic E-state index is 11.8. The number of nitrogens with two attached hydrogens (primary N) is 1. The average Bonchev–Trinajstić information content (AvgIpc) is 2.81. The number of rotatable bonds is 3. The van der Waals surface area contributed by atoms with Gasteiger partial charge in [0.1, 0.15) is 0 Å². The number of anilines is 2. The second kappa shape index (κ2) is 4.73. The molecule has 0 bridgehead atoms. The highest BCUT2D eigenvalue weighted by Gasteiger charge is 2.11. The van der Waals surface area contributed by atoms with Gasteiger partial charge in [0.25, 0.3) is 5.91 Å². The zero-order valence-corrected chi connectivity index (χ0v) is 9.12. The zero-order chi connectivity index (χ0) is 11.4. The molecule has 5 nitrogen and oxygen atoms in total. The topological polar surface area (TPSA) is 80.0 Å². The van der Waals surface area contributed by atoms with Crippen molar-refractivity contribution >= 4 is 28.7 Å². The van der Waals surface area contributed by atoms with Crippen LogP contribution in [-0.2, 0) is 0 Å². The van der Waals surface area contributed by atoms with Gasteiger partial charge in [-0.25, -0.2) is 10.8 Å². The molecule has 4 N–H and O–H groups in total. The van der Waals surface area contributed by atoms with Crippen LogP contribution >= 0.6 is 11.3 Å². The summed E-state index contributed by atoms with van der Waals surface area (Å²) in [5.41, 5.74) is 3.57. The molecule has 0 fully saturated rings. The first kappa shape index (κ1) is 10.6. The van der Waals surface area contributed by atoms with Gasteiger partial charge in [-0.1, -0.05) is 0 Å². The molecule has 0 aliphatic carbocycles. The van der Waals surface area contributed by atoms with Crippen LogP contribution in [0.1, 0.15) is 10.4 Å². The summed E-state index contributed by atoms with van der Waals surface area (Å²) in [5.74, 6) is 5.39. The average molecular weight is 234 g/mol. The fourth-order valence-electron chi connectivity index (χ4n) is 1.24. The maximum absolute atomic E-state index is 11.8. The minimum absolute atomic E-state index is 0.237. The van der Waals surface area contributed by atoms with E-state index in [0.717, 1.165) is 5.69 Å². The van der Waals surface area contributed by atoms with E-state index in [2.05, 4.69) is 15.7 Å². The van der Waals surface area contributed by atoms with E-state index in [1.165, 1.54) is 11.3 Å². The summed E-state index contributed by atoms with van der Waals surface area (Å²) in [6.07, 6.45) is 1.57.